The van der Waals surface area contributed by atoms with Crippen molar-refractivity contribution in [1.29, 1.82) is 0 Å². The molecule has 5 rings (SSSR count). The third-order valence-corrected chi connectivity index (χ3v) is 6.35. The van der Waals surface area contributed by atoms with Crippen molar-refractivity contribution in [1.82, 2.24) is 19.9 Å². The molecule has 5 aromatic rings. The first kappa shape index (κ1) is 20.1. The Bertz CT molecular complexity index is 1380. The van der Waals surface area contributed by atoms with E-state index in [1.165, 1.54) is 0 Å². The van der Waals surface area contributed by atoms with E-state index in [-0.39, 0.29) is 0 Å². The summed E-state index contributed by atoms with van der Waals surface area (Å²) in [6, 6.07) is 20.1. The average molecular weight is 442 g/mol. The highest BCUT2D eigenvalue weighted by Gasteiger charge is 2.15. The van der Waals surface area contributed by atoms with E-state index in [2.05, 4.69) is 19.7 Å². The number of benzene rings is 2. The molecule has 0 spiro atoms. The van der Waals surface area contributed by atoms with Gasteiger partial charge < -0.3 is 0 Å². The second-order valence-corrected chi connectivity index (χ2v) is 8.90. The normalized spacial score (nSPS) is 11.9. The van der Waals surface area contributed by atoms with Crippen molar-refractivity contribution < 1.29 is 9.11 Å². The van der Waals surface area contributed by atoms with E-state index < -0.39 is 10.8 Å². The molecular formula is C24H19N5O2S. The maximum atomic E-state index is 10.6. The van der Waals surface area contributed by atoms with Gasteiger partial charge in [0.15, 0.2) is 0 Å². The number of pyridine rings is 2. The first-order valence-electron chi connectivity index (χ1n) is 9.82. The summed E-state index contributed by atoms with van der Waals surface area (Å²) in [6.07, 6.45) is 8.49. The molecule has 0 radical (unpaired) electrons. The zero-order chi connectivity index (χ0) is 22.0. The number of hydrogen-bond donors (Lipinski definition) is 3. The van der Waals surface area contributed by atoms with Crippen LogP contribution in [0.1, 0.15) is 0 Å². The van der Waals surface area contributed by atoms with Gasteiger partial charge in [-0.1, -0.05) is 35.0 Å². The summed E-state index contributed by atoms with van der Waals surface area (Å²) in [5, 5.41) is 0. The fraction of sp³-hybridized carbons (Fsp3) is 0. The Morgan fingerprint density at radius 2 is 1.53 bits per heavy atom. The van der Waals surface area contributed by atoms with Crippen molar-refractivity contribution in [2.75, 3.05) is 4.72 Å². The largest absolute Gasteiger partial charge is 0.279 e. The molecule has 8 heteroatoms. The van der Waals surface area contributed by atoms with Crippen LogP contribution in [0.25, 0.3) is 33.4 Å². The molecule has 0 saturated carbocycles. The number of anilines is 1. The van der Waals surface area contributed by atoms with Gasteiger partial charge in [-0.3, -0.25) is 28.8 Å². The summed E-state index contributed by atoms with van der Waals surface area (Å²) < 4.78 is 23.9. The van der Waals surface area contributed by atoms with Gasteiger partial charge in [0.2, 0.25) is 0 Å². The molecule has 0 aliphatic carbocycles. The predicted molar refractivity (Wildman–Crippen MR) is 127 cm³/mol. The molecule has 0 saturated heterocycles. The van der Waals surface area contributed by atoms with Crippen molar-refractivity contribution in [2.24, 2.45) is 0 Å². The van der Waals surface area contributed by atoms with Crippen molar-refractivity contribution in [3.63, 3.8) is 0 Å². The Balaban J connectivity index is 1.47. The van der Waals surface area contributed by atoms with E-state index in [0.29, 0.717) is 10.6 Å². The SMILES string of the molecule is OS(O)(Nc1cncc(-c2ccc3ncc(-c4cccnc4)nc3c2)c1)c1ccccc1. The Morgan fingerprint density at radius 1 is 0.688 bits per heavy atom. The lowest BCUT2D eigenvalue weighted by Crippen LogP contribution is -2.09. The van der Waals surface area contributed by atoms with Gasteiger partial charge in [0.05, 0.1) is 39.7 Å². The van der Waals surface area contributed by atoms with Gasteiger partial charge >= 0.3 is 0 Å². The Kier molecular flexibility index (Phi) is 5.24. The molecule has 32 heavy (non-hydrogen) atoms. The van der Waals surface area contributed by atoms with Crippen molar-refractivity contribution in [3.05, 3.63) is 97.7 Å². The minimum absolute atomic E-state index is 0.411. The number of nitrogens with one attached hydrogen (secondary N) is 1. The summed E-state index contributed by atoms with van der Waals surface area (Å²) in [5.41, 5.74) is 5.37. The Morgan fingerprint density at radius 3 is 2.34 bits per heavy atom. The van der Waals surface area contributed by atoms with Crippen LogP contribution in [0.15, 0.2) is 103 Å². The van der Waals surface area contributed by atoms with E-state index in [1.807, 2.05) is 42.5 Å². The lowest BCUT2D eigenvalue weighted by atomic mass is 10.1. The fourth-order valence-corrected chi connectivity index (χ4v) is 4.43. The number of hydrogen-bond acceptors (Lipinski definition) is 7. The highest BCUT2D eigenvalue weighted by atomic mass is 32.3. The van der Waals surface area contributed by atoms with Crippen molar-refractivity contribution >= 4 is 27.5 Å². The molecule has 0 bridgehead atoms. The molecule has 0 amide bonds. The first-order valence-corrected chi connectivity index (χ1v) is 11.4. The summed E-state index contributed by atoms with van der Waals surface area (Å²) in [4.78, 5) is 18.1. The standard InChI is InChI=1S/C24H19N5O2S/c30-32(31,21-6-2-1-3-7-21)29-20-11-19(14-26-15-20)17-8-9-22-23(12-17)28-24(16-27-22)18-5-4-10-25-13-18/h1-16,29-31H. The number of rotatable bonds is 5. The molecular weight excluding hydrogens is 422 g/mol. The van der Waals surface area contributed by atoms with E-state index in [4.69, 9.17) is 4.98 Å². The van der Waals surface area contributed by atoms with Gasteiger partial charge in [-0.15, -0.1) is 0 Å². The lowest BCUT2D eigenvalue weighted by molar-refractivity contribution is 0.494. The summed E-state index contributed by atoms with van der Waals surface area (Å²) in [5.74, 6) is 0. The van der Waals surface area contributed by atoms with Crippen molar-refractivity contribution in [2.45, 2.75) is 4.90 Å². The molecule has 3 aromatic heterocycles. The Labute approximate surface area is 186 Å². The topological polar surface area (TPSA) is 104 Å². The highest BCUT2D eigenvalue weighted by Crippen LogP contribution is 2.47. The van der Waals surface area contributed by atoms with E-state index >= 15 is 0 Å². The van der Waals surface area contributed by atoms with E-state index in [0.717, 1.165) is 33.4 Å². The van der Waals surface area contributed by atoms with Gasteiger partial charge in [-0.05, 0) is 48.0 Å². The van der Waals surface area contributed by atoms with Crippen LogP contribution in [0.5, 0.6) is 0 Å². The molecule has 3 heterocycles. The van der Waals surface area contributed by atoms with Gasteiger partial charge in [-0.2, -0.15) is 0 Å². The predicted octanol–water partition coefficient (Wildman–Crippen LogP) is 5.89. The lowest BCUT2D eigenvalue weighted by Gasteiger charge is -2.33. The molecule has 0 atom stereocenters. The molecule has 2 aromatic carbocycles. The molecule has 0 aliphatic rings. The first-order chi connectivity index (χ1) is 15.6. The quantitative estimate of drug-likeness (QED) is 0.312. The van der Waals surface area contributed by atoms with Crippen LogP contribution in [0, 0.1) is 0 Å². The number of fused-ring (bicyclic) bond motifs is 1. The van der Waals surface area contributed by atoms with Crippen LogP contribution in [0.4, 0.5) is 5.69 Å². The minimum Gasteiger partial charge on any atom is -0.279 e. The smallest absolute Gasteiger partial charge is 0.0908 e. The second kappa shape index (κ2) is 8.35. The molecule has 3 N–H and O–H groups in total. The van der Waals surface area contributed by atoms with Crippen LogP contribution in [0.3, 0.4) is 0 Å². The molecule has 0 fully saturated rings. The van der Waals surface area contributed by atoms with Gasteiger partial charge in [-0.25, -0.2) is 4.98 Å². The van der Waals surface area contributed by atoms with Crippen molar-refractivity contribution in [3.8, 4) is 22.4 Å². The highest BCUT2D eigenvalue weighted by molar-refractivity contribution is 8.25. The van der Waals surface area contributed by atoms with Gasteiger partial charge in [0.1, 0.15) is 0 Å². The number of nitrogens with zero attached hydrogens (tertiary/aromatic N) is 4. The molecule has 0 aliphatic heterocycles. The zero-order valence-electron chi connectivity index (χ0n) is 16.8. The number of aromatic nitrogens is 4. The van der Waals surface area contributed by atoms with Crippen LogP contribution in [-0.2, 0) is 0 Å². The summed E-state index contributed by atoms with van der Waals surface area (Å²) in [7, 11) is -3.20. The fourth-order valence-electron chi connectivity index (χ4n) is 3.33. The van der Waals surface area contributed by atoms with Crippen LogP contribution >= 0.6 is 10.8 Å². The third kappa shape index (κ3) is 4.15. The molecule has 7 nitrogen and oxygen atoms in total. The minimum atomic E-state index is -3.20. The van der Waals surface area contributed by atoms with Crippen LogP contribution in [-0.4, -0.2) is 29.0 Å². The monoisotopic (exact) mass is 441 g/mol. The van der Waals surface area contributed by atoms with Crippen LogP contribution in [0.2, 0.25) is 0 Å². The Hall–Kier alpha value is -3.85. The zero-order valence-corrected chi connectivity index (χ0v) is 17.6. The van der Waals surface area contributed by atoms with Crippen LogP contribution < -0.4 is 4.72 Å². The molecule has 0 unspecified atom stereocenters. The van der Waals surface area contributed by atoms with E-state index in [9.17, 15) is 9.11 Å². The maximum absolute atomic E-state index is 10.6. The molecule has 158 valence electrons. The average Bonchev–Trinajstić information content (AvgIpc) is 2.84. The third-order valence-electron chi connectivity index (χ3n) is 4.90. The van der Waals surface area contributed by atoms with Gasteiger partial charge in [0, 0.05) is 29.7 Å². The second-order valence-electron chi connectivity index (χ2n) is 7.13. The maximum Gasteiger partial charge on any atom is 0.0908 e. The summed E-state index contributed by atoms with van der Waals surface area (Å²) >= 11 is 0. The van der Waals surface area contributed by atoms with E-state index in [1.54, 1.807) is 55.2 Å². The summed E-state index contributed by atoms with van der Waals surface area (Å²) in [6.45, 7) is 0. The van der Waals surface area contributed by atoms with Gasteiger partial charge in [0.25, 0.3) is 0 Å².